The number of aromatic nitrogens is 3. The average Bonchev–Trinajstić information content (AvgIpc) is 2.70. The lowest BCUT2D eigenvalue weighted by Gasteiger charge is -2.39. The van der Waals surface area contributed by atoms with Gasteiger partial charge in [-0.2, -0.15) is 0 Å². The Kier molecular flexibility index (Phi) is 2.54. The van der Waals surface area contributed by atoms with Gasteiger partial charge in [0.1, 0.15) is 5.52 Å². The number of likely N-dealkylation sites (tertiary alicyclic amines) is 1. The van der Waals surface area contributed by atoms with E-state index >= 15 is 0 Å². The van der Waals surface area contributed by atoms with Gasteiger partial charge in [0.2, 0.25) is 5.91 Å². The van der Waals surface area contributed by atoms with Crippen molar-refractivity contribution in [2.75, 3.05) is 13.1 Å². The molecule has 0 spiro atoms. The Morgan fingerprint density at radius 2 is 2.22 bits per heavy atom. The molecule has 1 saturated heterocycles. The molecule has 0 aromatic carbocycles. The van der Waals surface area contributed by atoms with E-state index in [-0.39, 0.29) is 5.91 Å². The Bertz CT molecular complexity index is 598. The van der Waals surface area contributed by atoms with Crippen molar-refractivity contribution in [2.45, 2.75) is 26.3 Å². The summed E-state index contributed by atoms with van der Waals surface area (Å²) in [4.78, 5) is 21.8. The van der Waals surface area contributed by atoms with Crippen LogP contribution in [0.3, 0.4) is 0 Å². The number of pyridine rings is 1. The van der Waals surface area contributed by atoms with Crippen LogP contribution in [0.25, 0.3) is 11.0 Å². The molecule has 0 atom stereocenters. The summed E-state index contributed by atoms with van der Waals surface area (Å²) in [5.41, 5.74) is 3.12. The van der Waals surface area contributed by atoms with Crippen molar-refractivity contribution in [3.8, 4) is 0 Å². The van der Waals surface area contributed by atoms with E-state index in [2.05, 4.69) is 27.5 Å². The second kappa shape index (κ2) is 4.08. The highest BCUT2D eigenvalue weighted by Crippen LogP contribution is 2.25. The van der Waals surface area contributed by atoms with Crippen LogP contribution >= 0.6 is 0 Å². The second-order valence-electron chi connectivity index (χ2n) is 4.75. The van der Waals surface area contributed by atoms with Gasteiger partial charge in [-0.15, -0.1) is 0 Å². The summed E-state index contributed by atoms with van der Waals surface area (Å²) in [6, 6.07) is 2.45. The van der Waals surface area contributed by atoms with Crippen molar-refractivity contribution in [2.24, 2.45) is 0 Å². The molecule has 0 unspecified atom stereocenters. The first-order chi connectivity index (χ1) is 8.69. The van der Waals surface area contributed by atoms with Crippen LogP contribution in [0.4, 0.5) is 0 Å². The number of fused-ring (bicyclic) bond motifs is 1. The van der Waals surface area contributed by atoms with E-state index in [1.165, 1.54) is 0 Å². The minimum Gasteiger partial charge on any atom is -0.339 e. The molecule has 0 aliphatic carbocycles. The van der Waals surface area contributed by atoms with Gasteiger partial charge in [-0.25, -0.2) is 4.98 Å². The predicted octanol–water partition coefficient (Wildman–Crippen LogP) is 1.40. The number of nitrogens with zero attached hydrogens (tertiary/aromatic N) is 4. The molecular formula is C13H16N4O. The molecule has 1 fully saturated rings. The minimum atomic E-state index is 0.145. The van der Waals surface area contributed by atoms with Crippen molar-refractivity contribution >= 4 is 16.9 Å². The van der Waals surface area contributed by atoms with Crippen LogP contribution < -0.4 is 0 Å². The molecule has 18 heavy (non-hydrogen) atoms. The molecule has 0 bridgehead atoms. The van der Waals surface area contributed by atoms with Crippen molar-refractivity contribution in [1.29, 1.82) is 0 Å². The van der Waals surface area contributed by atoms with Crippen LogP contribution in [0.5, 0.6) is 0 Å². The monoisotopic (exact) mass is 244 g/mol. The lowest BCUT2D eigenvalue weighted by atomic mass is 10.1. The third kappa shape index (κ3) is 1.66. The van der Waals surface area contributed by atoms with Gasteiger partial charge in [0, 0.05) is 25.7 Å². The summed E-state index contributed by atoms with van der Waals surface area (Å²) in [5, 5.41) is 0. The van der Waals surface area contributed by atoms with Crippen molar-refractivity contribution in [3.63, 3.8) is 0 Å². The highest BCUT2D eigenvalue weighted by molar-refractivity contribution is 5.76. The summed E-state index contributed by atoms with van der Waals surface area (Å²) in [6.45, 7) is 5.27. The van der Waals surface area contributed by atoms with Crippen LogP contribution in [0.1, 0.15) is 25.6 Å². The Morgan fingerprint density at radius 3 is 2.89 bits per heavy atom. The fourth-order valence-corrected chi connectivity index (χ4v) is 2.34. The van der Waals surface area contributed by atoms with Crippen LogP contribution in [-0.4, -0.2) is 38.4 Å². The second-order valence-corrected chi connectivity index (χ2v) is 4.75. The first-order valence-electron chi connectivity index (χ1n) is 6.26. The first-order valence-corrected chi connectivity index (χ1v) is 6.26. The molecule has 3 heterocycles. The summed E-state index contributed by atoms with van der Waals surface area (Å²) >= 11 is 0. The third-order valence-electron chi connectivity index (χ3n) is 3.58. The lowest BCUT2D eigenvalue weighted by Crippen LogP contribution is -2.49. The fraction of sp³-hybridized carbons (Fsp3) is 0.462. The zero-order chi connectivity index (χ0) is 12.7. The number of rotatable bonds is 2. The van der Waals surface area contributed by atoms with Gasteiger partial charge in [0.05, 0.1) is 24.1 Å². The third-order valence-corrected chi connectivity index (χ3v) is 3.58. The first kappa shape index (κ1) is 11.2. The molecule has 1 aliphatic heterocycles. The Hall–Kier alpha value is -1.91. The van der Waals surface area contributed by atoms with E-state index in [1.54, 1.807) is 6.92 Å². The van der Waals surface area contributed by atoms with Gasteiger partial charge in [0.25, 0.3) is 0 Å². The van der Waals surface area contributed by atoms with E-state index in [1.807, 2.05) is 17.4 Å². The molecule has 2 aromatic rings. The molecule has 0 radical (unpaired) electrons. The number of amides is 1. The zero-order valence-electron chi connectivity index (χ0n) is 10.6. The number of carbonyl (C=O) groups is 1. The van der Waals surface area contributed by atoms with Gasteiger partial charge in [-0.05, 0) is 12.5 Å². The zero-order valence-corrected chi connectivity index (χ0v) is 10.6. The predicted molar refractivity (Wildman–Crippen MR) is 68.2 cm³/mol. The lowest BCUT2D eigenvalue weighted by molar-refractivity contribution is -0.134. The quantitative estimate of drug-likeness (QED) is 0.802. The van der Waals surface area contributed by atoms with Crippen LogP contribution in [0.15, 0.2) is 18.6 Å². The Balaban J connectivity index is 1.91. The molecule has 5 heteroatoms. The average molecular weight is 244 g/mol. The summed E-state index contributed by atoms with van der Waals surface area (Å²) < 4.78 is 2.16. The number of aryl methyl sites for hydroxylation is 1. The SMILES string of the molecule is CCc1cc2c(cn1)ncn2C1CN(C(C)=O)C1. The topological polar surface area (TPSA) is 51.0 Å². The van der Waals surface area contributed by atoms with Crippen molar-refractivity contribution in [1.82, 2.24) is 19.4 Å². The molecule has 3 rings (SSSR count). The van der Waals surface area contributed by atoms with Gasteiger partial charge >= 0.3 is 0 Å². The maximum atomic E-state index is 11.2. The number of hydrogen-bond acceptors (Lipinski definition) is 3. The van der Waals surface area contributed by atoms with Crippen LogP contribution in [0, 0.1) is 0 Å². The maximum absolute atomic E-state index is 11.2. The molecule has 1 amide bonds. The van der Waals surface area contributed by atoms with E-state index < -0.39 is 0 Å². The fourth-order valence-electron chi connectivity index (χ4n) is 2.34. The number of carbonyl (C=O) groups excluding carboxylic acids is 1. The van der Waals surface area contributed by atoms with Gasteiger partial charge in [-0.3, -0.25) is 9.78 Å². The van der Waals surface area contributed by atoms with E-state index in [0.717, 1.165) is 36.2 Å². The standard InChI is InChI=1S/C13H16N4O/c1-3-10-4-13-12(5-14-10)15-8-17(13)11-6-16(7-11)9(2)18/h4-5,8,11H,3,6-7H2,1-2H3. The Labute approximate surface area is 105 Å². The molecule has 0 N–H and O–H groups in total. The number of hydrogen-bond donors (Lipinski definition) is 0. The summed E-state index contributed by atoms with van der Waals surface area (Å²) in [5.74, 6) is 0.145. The molecular weight excluding hydrogens is 228 g/mol. The number of imidazole rings is 1. The Morgan fingerprint density at radius 1 is 1.44 bits per heavy atom. The van der Waals surface area contributed by atoms with E-state index in [9.17, 15) is 4.79 Å². The normalized spacial score (nSPS) is 16.0. The van der Waals surface area contributed by atoms with Gasteiger partial charge in [0.15, 0.2) is 0 Å². The highest BCUT2D eigenvalue weighted by atomic mass is 16.2. The highest BCUT2D eigenvalue weighted by Gasteiger charge is 2.30. The van der Waals surface area contributed by atoms with E-state index in [0.29, 0.717) is 6.04 Å². The van der Waals surface area contributed by atoms with Crippen LogP contribution in [0.2, 0.25) is 0 Å². The largest absolute Gasteiger partial charge is 0.339 e. The van der Waals surface area contributed by atoms with Gasteiger partial charge < -0.3 is 9.47 Å². The summed E-state index contributed by atoms with van der Waals surface area (Å²) in [7, 11) is 0. The smallest absolute Gasteiger partial charge is 0.219 e. The molecule has 0 saturated carbocycles. The molecule has 2 aromatic heterocycles. The van der Waals surface area contributed by atoms with Crippen molar-refractivity contribution < 1.29 is 4.79 Å². The summed E-state index contributed by atoms with van der Waals surface area (Å²) in [6.07, 6.45) is 4.60. The molecule has 1 aliphatic rings. The van der Waals surface area contributed by atoms with E-state index in [4.69, 9.17) is 0 Å². The molecule has 94 valence electrons. The van der Waals surface area contributed by atoms with Gasteiger partial charge in [-0.1, -0.05) is 6.92 Å². The minimum absolute atomic E-state index is 0.145. The van der Waals surface area contributed by atoms with Crippen molar-refractivity contribution in [3.05, 3.63) is 24.3 Å². The molecule has 5 nitrogen and oxygen atoms in total. The van der Waals surface area contributed by atoms with Crippen LogP contribution in [-0.2, 0) is 11.2 Å². The maximum Gasteiger partial charge on any atom is 0.219 e.